The van der Waals surface area contributed by atoms with E-state index in [0.29, 0.717) is 43.4 Å². The zero-order valence-electron chi connectivity index (χ0n) is 19.3. The fraction of sp³-hybridized carbons (Fsp3) is 0.222. The van der Waals surface area contributed by atoms with Gasteiger partial charge in [0.25, 0.3) is 5.69 Å². The maximum atomic E-state index is 12.6. The Kier molecular flexibility index (Phi) is 8.00. The Morgan fingerprint density at radius 2 is 1.71 bits per heavy atom. The normalized spacial score (nSPS) is 13.7. The van der Waals surface area contributed by atoms with E-state index < -0.39 is 0 Å². The Balaban J connectivity index is 1.35. The molecule has 1 heterocycles. The van der Waals surface area contributed by atoms with Gasteiger partial charge in [0.1, 0.15) is 5.69 Å². The Morgan fingerprint density at radius 3 is 2.40 bits per heavy atom. The molecule has 1 fully saturated rings. The molecule has 0 radical (unpaired) electrons. The number of nitro groups is 1. The molecule has 35 heavy (non-hydrogen) atoms. The Morgan fingerprint density at radius 1 is 1.00 bits per heavy atom. The molecule has 0 aromatic heterocycles. The third kappa shape index (κ3) is 6.61. The van der Waals surface area contributed by atoms with E-state index >= 15 is 0 Å². The highest BCUT2D eigenvalue weighted by molar-refractivity contribution is 6.30. The van der Waals surface area contributed by atoms with E-state index in [-0.39, 0.29) is 16.5 Å². The molecule has 0 bridgehead atoms. The number of nitro benzene ring substituents is 1. The van der Waals surface area contributed by atoms with Crippen LogP contribution in [0.25, 0.3) is 6.08 Å². The van der Waals surface area contributed by atoms with Gasteiger partial charge in [0.15, 0.2) is 0 Å². The van der Waals surface area contributed by atoms with Gasteiger partial charge in [-0.15, -0.1) is 0 Å². The number of hydrogen-bond acceptors (Lipinski definition) is 5. The Bertz CT molecular complexity index is 1190. The summed E-state index contributed by atoms with van der Waals surface area (Å²) in [4.78, 5) is 27.7. The van der Waals surface area contributed by atoms with Gasteiger partial charge in [-0.25, -0.2) is 0 Å². The predicted molar refractivity (Wildman–Crippen MR) is 141 cm³/mol. The third-order valence-corrected chi connectivity index (χ3v) is 6.25. The SMILES string of the molecule is O=C(C=Cc1ccc(Cl)cc1)N1CCN(c2ccc([N+](=O)[O-])c(NCCc3ccccc3)c2)CC1. The quantitative estimate of drug-likeness (QED) is 0.264. The Labute approximate surface area is 209 Å². The van der Waals surface area contributed by atoms with Crippen molar-refractivity contribution in [2.45, 2.75) is 6.42 Å². The van der Waals surface area contributed by atoms with Gasteiger partial charge in [-0.3, -0.25) is 14.9 Å². The first-order chi connectivity index (χ1) is 17.0. The first-order valence-corrected chi connectivity index (χ1v) is 11.9. The van der Waals surface area contributed by atoms with Crippen LogP contribution in [0.15, 0.2) is 78.9 Å². The van der Waals surface area contributed by atoms with E-state index in [1.165, 1.54) is 5.56 Å². The number of nitrogens with zero attached hydrogens (tertiary/aromatic N) is 3. The average Bonchev–Trinajstić information content (AvgIpc) is 2.89. The summed E-state index contributed by atoms with van der Waals surface area (Å²) in [7, 11) is 0. The number of hydrogen-bond donors (Lipinski definition) is 1. The van der Waals surface area contributed by atoms with Gasteiger partial charge in [0.2, 0.25) is 5.91 Å². The lowest BCUT2D eigenvalue weighted by Gasteiger charge is -2.35. The molecule has 8 heteroatoms. The minimum Gasteiger partial charge on any atom is -0.379 e. The van der Waals surface area contributed by atoms with Crippen molar-refractivity contribution in [1.29, 1.82) is 0 Å². The first kappa shape index (κ1) is 24.3. The number of benzene rings is 3. The second-order valence-corrected chi connectivity index (χ2v) is 8.75. The van der Waals surface area contributed by atoms with E-state index in [9.17, 15) is 14.9 Å². The minimum absolute atomic E-state index is 0.0356. The lowest BCUT2D eigenvalue weighted by atomic mass is 10.1. The number of rotatable bonds is 8. The molecular weight excluding hydrogens is 464 g/mol. The summed E-state index contributed by atoms with van der Waals surface area (Å²) in [5.74, 6) is -0.0356. The minimum atomic E-state index is -0.363. The third-order valence-electron chi connectivity index (χ3n) is 5.99. The largest absolute Gasteiger partial charge is 0.379 e. The number of amides is 1. The van der Waals surface area contributed by atoms with Crippen molar-refractivity contribution >= 4 is 40.6 Å². The molecule has 0 aliphatic carbocycles. The van der Waals surface area contributed by atoms with Gasteiger partial charge in [0, 0.05) is 55.6 Å². The van der Waals surface area contributed by atoms with Gasteiger partial charge < -0.3 is 15.1 Å². The first-order valence-electron chi connectivity index (χ1n) is 11.5. The monoisotopic (exact) mass is 490 g/mol. The summed E-state index contributed by atoms with van der Waals surface area (Å²) in [5, 5.41) is 15.4. The second kappa shape index (κ2) is 11.5. The van der Waals surface area contributed by atoms with Crippen LogP contribution in [0, 0.1) is 10.1 Å². The molecule has 0 saturated carbocycles. The van der Waals surface area contributed by atoms with Crippen LogP contribution in [0.2, 0.25) is 5.02 Å². The molecule has 3 aromatic rings. The van der Waals surface area contributed by atoms with Crippen LogP contribution < -0.4 is 10.2 Å². The van der Waals surface area contributed by atoms with Crippen LogP contribution in [0.4, 0.5) is 17.1 Å². The summed E-state index contributed by atoms with van der Waals surface area (Å²) in [5.41, 5.74) is 3.56. The van der Waals surface area contributed by atoms with Crippen molar-refractivity contribution in [3.05, 3.63) is 105 Å². The van der Waals surface area contributed by atoms with Crippen LogP contribution in [-0.4, -0.2) is 48.5 Å². The van der Waals surface area contributed by atoms with Crippen molar-refractivity contribution in [2.75, 3.05) is 42.9 Å². The maximum Gasteiger partial charge on any atom is 0.292 e. The second-order valence-electron chi connectivity index (χ2n) is 8.32. The van der Waals surface area contributed by atoms with E-state index in [1.54, 1.807) is 36.4 Å². The number of anilines is 2. The fourth-order valence-corrected chi connectivity index (χ4v) is 4.17. The summed E-state index contributed by atoms with van der Waals surface area (Å²) in [6, 6.07) is 22.5. The van der Waals surface area contributed by atoms with Gasteiger partial charge in [0.05, 0.1) is 4.92 Å². The topological polar surface area (TPSA) is 78.7 Å². The molecule has 3 aromatic carbocycles. The van der Waals surface area contributed by atoms with E-state index in [2.05, 4.69) is 10.2 Å². The molecular formula is C27H27ClN4O3. The van der Waals surface area contributed by atoms with Gasteiger partial charge in [-0.2, -0.15) is 0 Å². The van der Waals surface area contributed by atoms with Crippen molar-refractivity contribution in [3.8, 4) is 0 Å². The molecule has 1 aliphatic heterocycles. The molecule has 0 unspecified atom stereocenters. The molecule has 0 spiro atoms. The van der Waals surface area contributed by atoms with Gasteiger partial charge in [-0.1, -0.05) is 54.1 Å². The summed E-state index contributed by atoms with van der Waals surface area (Å²) in [6.07, 6.45) is 4.14. The van der Waals surface area contributed by atoms with Crippen LogP contribution in [-0.2, 0) is 11.2 Å². The standard InChI is InChI=1S/C27H27ClN4O3/c28-23-9-6-22(7-10-23)8-13-27(33)31-18-16-30(17-19-31)24-11-12-26(32(34)35)25(20-24)29-15-14-21-4-2-1-3-5-21/h1-13,20,29H,14-19H2. The van der Waals surface area contributed by atoms with Gasteiger partial charge in [-0.05, 0) is 47.9 Å². The summed E-state index contributed by atoms with van der Waals surface area (Å²) in [6.45, 7) is 3.06. The van der Waals surface area contributed by atoms with E-state index in [0.717, 1.165) is 17.7 Å². The number of carbonyl (C=O) groups excluding carboxylic acids is 1. The highest BCUT2D eigenvalue weighted by atomic mass is 35.5. The molecule has 7 nitrogen and oxygen atoms in total. The van der Waals surface area contributed by atoms with Crippen molar-refractivity contribution < 1.29 is 9.72 Å². The van der Waals surface area contributed by atoms with Crippen molar-refractivity contribution in [2.24, 2.45) is 0 Å². The molecule has 0 atom stereocenters. The zero-order chi connectivity index (χ0) is 24.6. The Hall–Kier alpha value is -3.84. The fourth-order valence-electron chi connectivity index (χ4n) is 4.04. The lowest BCUT2D eigenvalue weighted by molar-refractivity contribution is -0.383. The smallest absolute Gasteiger partial charge is 0.292 e. The van der Waals surface area contributed by atoms with Crippen LogP contribution in [0.1, 0.15) is 11.1 Å². The number of nitrogens with one attached hydrogen (secondary N) is 1. The summed E-state index contributed by atoms with van der Waals surface area (Å²) < 4.78 is 0. The molecule has 180 valence electrons. The van der Waals surface area contributed by atoms with E-state index in [1.807, 2.05) is 53.4 Å². The van der Waals surface area contributed by atoms with Crippen molar-refractivity contribution in [3.63, 3.8) is 0 Å². The number of carbonyl (C=O) groups is 1. The highest BCUT2D eigenvalue weighted by Gasteiger charge is 2.22. The zero-order valence-corrected chi connectivity index (χ0v) is 20.0. The summed E-state index contributed by atoms with van der Waals surface area (Å²) >= 11 is 5.90. The predicted octanol–water partition coefficient (Wildman–Crippen LogP) is 5.26. The molecule has 1 aliphatic rings. The van der Waals surface area contributed by atoms with Crippen LogP contribution in [0.5, 0.6) is 0 Å². The average molecular weight is 491 g/mol. The lowest BCUT2D eigenvalue weighted by Crippen LogP contribution is -2.48. The van der Waals surface area contributed by atoms with E-state index in [4.69, 9.17) is 11.6 Å². The van der Waals surface area contributed by atoms with Crippen LogP contribution in [0.3, 0.4) is 0 Å². The van der Waals surface area contributed by atoms with Gasteiger partial charge >= 0.3 is 0 Å². The molecule has 4 rings (SSSR count). The van der Waals surface area contributed by atoms with Crippen molar-refractivity contribution in [1.82, 2.24) is 4.90 Å². The highest BCUT2D eigenvalue weighted by Crippen LogP contribution is 2.30. The number of halogens is 1. The maximum absolute atomic E-state index is 12.6. The molecule has 1 N–H and O–H groups in total. The van der Waals surface area contributed by atoms with Crippen LogP contribution >= 0.6 is 11.6 Å². The molecule has 1 amide bonds. The molecule has 1 saturated heterocycles. The number of piperazine rings is 1.